The lowest BCUT2D eigenvalue weighted by molar-refractivity contribution is 0.0838. The molecule has 1 saturated heterocycles. The topological polar surface area (TPSA) is 107 Å². The van der Waals surface area contributed by atoms with Gasteiger partial charge in [-0.15, -0.1) is 0 Å². The summed E-state index contributed by atoms with van der Waals surface area (Å²) in [5, 5.41) is 26.9. The SMILES string of the molecule is [2H]C1([2H])C[C@](C)(O)C([2H])([2H])N1c1ccn(-c2cc(-c3c(F)cccc3C#N)nc3c2C(=O)NC3)n1. The van der Waals surface area contributed by atoms with Gasteiger partial charge in [0.1, 0.15) is 5.82 Å². The Morgan fingerprint density at radius 1 is 1.39 bits per heavy atom. The van der Waals surface area contributed by atoms with E-state index in [0.29, 0.717) is 5.69 Å². The second-order valence-corrected chi connectivity index (χ2v) is 7.48. The van der Waals surface area contributed by atoms with Crippen molar-refractivity contribution >= 4 is 11.7 Å². The first-order valence-electron chi connectivity index (χ1n) is 11.5. The third-order valence-corrected chi connectivity index (χ3v) is 5.09. The first-order valence-corrected chi connectivity index (χ1v) is 9.47. The number of β-amino-alcohol motifs (C(OH)–C–C–N with tert-alkyl or cyclic N) is 1. The predicted octanol–water partition coefficient (Wildman–Crippen LogP) is 2.15. The van der Waals surface area contributed by atoms with Crippen LogP contribution in [0.1, 0.15) is 40.4 Å². The number of fused-ring (bicyclic) bond motifs is 1. The summed E-state index contributed by atoms with van der Waals surface area (Å²) in [5.74, 6) is -1.21. The Morgan fingerprint density at radius 3 is 2.97 bits per heavy atom. The van der Waals surface area contributed by atoms with E-state index in [1.54, 1.807) is 0 Å². The van der Waals surface area contributed by atoms with Crippen LogP contribution in [0.3, 0.4) is 0 Å². The molecule has 0 bridgehead atoms. The summed E-state index contributed by atoms with van der Waals surface area (Å²) in [5.41, 5.74) is -1.15. The molecule has 31 heavy (non-hydrogen) atoms. The first kappa shape index (κ1) is 15.1. The number of halogens is 1. The molecule has 4 heterocycles. The number of nitrogens with zero attached hydrogens (tertiary/aromatic N) is 5. The van der Waals surface area contributed by atoms with Crippen molar-refractivity contribution in [1.29, 1.82) is 5.26 Å². The van der Waals surface area contributed by atoms with E-state index in [-0.39, 0.29) is 40.4 Å². The van der Waals surface area contributed by atoms with Crippen LogP contribution in [0.5, 0.6) is 0 Å². The molecule has 1 fully saturated rings. The van der Waals surface area contributed by atoms with Crippen LogP contribution < -0.4 is 10.2 Å². The summed E-state index contributed by atoms with van der Waals surface area (Å²) < 4.78 is 49.2. The van der Waals surface area contributed by atoms with E-state index in [0.717, 1.165) is 4.90 Å². The Balaban J connectivity index is 1.68. The smallest absolute Gasteiger partial charge is 0.255 e. The lowest BCUT2D eigenvalue weighted by atomic mass is 10.0. The van der Waals surface area contributed by atoms with Gasteiger partial charge in [0.05, 0.1) is 54.7 Å². The van der Waals surface area contributed by atoms with Crippen LogP contribution in [0, 0.1) is 17.1 Å². The van der Waals surface area contributed by atoms with E-state index < -0.39 is 36.7 Å². The number of carbonyl (C=O) groups is 1. The zero-order valence-corrected chi connectivity index (χ0v) is 16.3. The number of carbonyl (C=O) groups excluding carboxylic acids is 1. The number of rotatable bonds is 3. The fourth-order valence-electron chi connectivity index (χ4n) is 3.66. The van der Waals surface area contributed by atoms with Crippen molar-refractivity contribution in [3.05, 3.63) is 59.2 Å². The zero-order chi connectivity index (χ0) is 25.3. The summed E-state index contributed by atoms with van der Waals surface area (Å²) in [4.78, 5) is 17.7. The van der Waals surface area contributed by atoms with E-state index >= 15 is 0 Å². The first-order chi connectivity index (χ1) is 16.4. The molecule has 1 aromatic carbocycles. The summed E-state index contributed by atoms with van der Waals surface area (Å²) in [6, 6.07) is 8.76. The molecule has 0 saturated carbocycles. The number of amides is 1. The van der Waals surface area contributed by atoms with Crippen molar-refractivity contribution in [3.63, 3.8) is 0 Å². The molecule has 2 aliphatic heterocycles. The second-order valence-electron chi connectivity index (χ2n) is 7.48. The number of hydrogen-bond acceptors (Lipinski definition) is 6. The van der Waals surface area contributed by atoms with Gasteiger partial charge in [-0.1, -0.05) is 6.07 Å². The fraction of sp³-hybridized carbons (Fsp3) is 0.273. The van der Waals surface area contributed by atoms with Gasteiger partial charge in [0.25, 0.3) is 5.91 Å². The molecule has 9 heteroatoms. The molecular weight excluding hydrogens is 399 g/mol. The predicted molar refractivity (Wildman–Crippen MR) is 110 cm³/mol. The molecule has 156 valence electrons. The van der Waals surface area contributed by atoms with Gasteiger partial charge < -0.3 is 15.3 Å². The van der Waals surface area contributed by atoms with Gasteiger partial charge >= 0.3 is 0 Å². The molecule has 3 aromatic rings. The molecule has 0 spiro atoms. The molecular formula is C22H19FN6O2. The van der Waals surface area contributed by atoms with Crippen LogP contribution in [0.2, 0.25) is 0 Å². The Labute approximate surface area is 183 Å². The number of aliphatic hydroxyl groups is 1. The Kier molecular flexibility index (Phi) is 3.35. The Morgan fingerprint density at radius 2 is 2.23 bits per heavy atom. The average molecular weight is 422 g/mol. The van der Waals surface area contributed by atoms with Gasteiger partial charge in [0.15, 0.2) is 5.82 Å². The lowest BCUT2D eigenvalue weighted by Crippen LogP contribution is -2.29. The number of pyridine rings is 1. The number of anilines is 1. The maximum absolute atomic E-state index is 14.7. The van der Waals surface area contributed by atoms with Crippen molar-refractivity contribution in [2.75, 3.05) is 17.9 Å². The van der Waals surface area contributed by atoms with Crippen LogP contribution in [-0.4, -0.2) is 44.4 Å². The third-order valence-electron chi connectivity index (χ3n) is 5.09. The van der Waals surface area contributed by atoms with Crippen molar-refractivity contribution in [1.82, 2.24) is 20.1 Å². The van der Waals surface area contributed by atoms with Crippen molar-refractivity contribution in [3.8, 4) is 23.0 Å². The van der Waals surface area contributed by atoms with E-state index in [4.69, 9.17) is 5.48 Å². The number of hydrogen-bond donors (Lipinski definition) is 2. The van der Waals surface area contributed by atoms with Crippen LogP contribution in [0.4, 0.5) is 10.2 Å². The average Bonchev–Trinajstić information content (AvgIpc) is 3.41. The highest BCUT2D eigenvalue weighted by Gasteiger charge is 2.33. The number of aromatic nitrogens is 3. The molecule has 1 amide bonds. The molecule has 2 N–H and O–H groups in total. The van der Waals surface area contributed by atoms with Gasteiger partial charge in [-0.3, -0.25) is 4.79 Å². The molecule has 2 aliphatic rings. The van der Waals surface area contributed by atoms with Gasteiger partial charge in [-0.25, -0.2) is 14.1 Å². The standard InChI is InChI=1S/C22H19FN6O2/c1-22(31)6-8-28(12-22)18-5-7-29(27-18)17-9-15(26-16-11-25-21(30)20(16)17)19-13(10-24)3-2-4-14(19)23/h2-5,7,9,31H,6,8,11-12H2,1H3,(H,25,30)/t22-/m0/s1/i8D2,12D2. The molecule has 0 unspecified atom stereocenters. The lowest BCUT2D eigenvalue weighted by Gasteiger charge is -2.18. The van der Waals surface area contributed by atoms with Gasteiger partial charge in [0.2, 0.25) is 0 Å². The van der Waals surface area contributed by atoms with Crippen molar-refractivity contribution < 1.29 is 19.8 Å². The molecule has 0 radical (unpaired) electrons. The van der Waals surface area contributed by atoms with E-state index in [9.17, 15) is 19.6 Å². The summed E-state index contributed by atoms with van der Waals surface area (Å²) >= 11 is 0. The van der Waals surface area contributed by atoms with Crippen LogP contribution in [0.15, 0.2) is 36.5 Å². The zero-order valence-electron chi connectivity index (χ0n) is 20.3. The highest BCUT2D eigenvalue weighted by Crippen LogP contribution is 2.32. The van der Waals surface area contributed by atoms with Gasteiger partial charge in [-0.05, 0) is 31.5 Å². The van der Waals surface area contributed by atoms with E-state index in [1.165, 1.54) is 48.1 Å². The molecule has 2 aromatic heterocycles. The van der Waals surface area contributed by atoms with Crippen LogP contribution >= 0.6 is 0 Å². The Bertz CT molecular complexity index is 1430. The molecule has 0 aliphatic carbocycles. The third kappa shape index (κ3) is 3.21. The van der Waals surface area contributed by atoms with Crippen molar-refractivity contribution in [2.24, 2.45) is 0 Å². The monoisotopic (exact) mass is 422 g/mol. The highest BCUT2D eigenvalue weighted by atomic mass is 19.1. The molecule has 5 rings (SSSR count). The minimum absolute atomic E-state index is 0.0333. The van der Waals surface area contributed by atoms with E-state index in [1.807, 2.05) is 6.07 Å². The summed E-state index contributed by atoms with van der Waals surface area (Å²) in [6.45, 7) is -3.42. The molecule has 8 nitrogen and oxygen atoms in total. The minimum atomic E-state index is -2.48. The minimum Gasteiger partial charge on any atom is -0.388 e. The van der Waals surface area contributed by atoms with Gasteiger partial charge in [-0.2, -0.15) is 10.4 Å². The number of nitriles is 1. The van der Waals surface area contributed by atoms with Crippen LogP contribution in [0.25, 0.3) is 16.9 Å². The normalized spacial score (nSPS) is 25.1. The maximum Gasteiger partial charge on any atom is 0.255 e. The quantitative estimate of drug-likeness (QED) is 0.670. The second kappa shape index (κ2) is 6.89. The summed E-state index contributed by atoms with van der Waals surface area (Å²) in [7, 11) is 0. The van der Waals surface area contributed by atoms with Crippen LogP contribution in [-0.2, 0) is 6.54 Å². The fourth-order valence-corrected chi connectivity index (χ4v) is 3.66. The van der Waals surface area contributed by atoms with Gasteiger partial charge in [0, 0.05) is 28.0 Å². The van der Waals surface area contributed by atoms with E-state index in [2.05, 4.69) is 15.4 Å². The Hall–Kier alpha value is -3.77. The van der Waals surface area contributed by atoms with Crippen molar-refractivity contribution in [2.45, 2.75) is 25.5 Å². The molecule has 1 atom stereocenters. The largest absolute Gasteiger partial charge is 0.388 e. The highest BCUT2D eigenvalue weighted by molar-refractivity contribution is 6.01. The number of benzene rings is 1. The maximum atomic E-state index is 14.7. The number of nitrogens with one attached hydrogen (secondary N) is 1. The summed E-state index contributed by atoms with van der Waals surface area (Å²) in [6.07, 6.45) is 0.924.